The second-order valence-electron chi connectivity index (χ2n) is 8.02. The van der Waals surface area contributed by atoms with Crippen LogP contribution in [-0.2, 0) is 25.7 Å². The summed E-state index contributed by atoms with van der Waals surface area (Å²) in [6.45, 7) is 2.66. The summed E-state index contributed by atoms with van der Waals surface area (Å²) in [5, 5.41) is 2.78. The Bertz CT molecular complexity index is 718. The molecular formula is C23H32N2O5. The minimum Gasteiger partial charge on any atom is -0.459 e. The minimum absolute atomic E-state index is 0.0669. The first-order valence-electron chi connectivity index (χ1n) is 11.0. The van der Waals surface area contributed by atoms with E-state index in [2.05, 4.69) is 5.32 Å². The summed E-state index contributed by atoms with van der Waals surface area (Å²) in [5.74, 6) is -0.519. The van der Waals surface area contributed by atoms with Gasteiger partial charge in [0, 0.05) is 6.54 Å². The van der Waals surface area contributed by atoms with Gasteiger partial charge in [0.25, 0.3) is 0 Å². The van der Waals surface area contributed by atoms with Gasteiger partial charge >= 0.3 is 12.1 Å². The van der Waals surface area contributed by atoms with E-state index in [0.717, 1.165) is 44.1 Å². The highest BCUT2D eigenvalue weighted by Gasteiger charge is 2.41. The summed E-state index contributed by atoms with van der Waals surface area (Å²) in [7, 11) is 0. The monoisotopic (exact) mass is 416 g/mol. The number of nitrogens with one attached hydrogen (secondary N) is 1. The summed E-state index contributed by atoms with van der Waals surface area (Å²) in [6, 6.07) is 8.23. The summed E-state index contributed by atoms with van der Waals surface area (Å²) >= 11 is 0. The van der Waals surface area contributed by atoms with Crippen molar-refractivity contribution in [3.05, 3.63) is 35.9 Å². The molecule has 30 heavy (non-hydrogen) atoms. The van der Waals surface area contributed by atoms with E-state index in [0.29, 0.717) is 13.0 Å². The van der Waals surface area contributed by atoms with Crippen LogP contribution in [0, 0.1) is 5.92 Å². The zero-order valence-electron chi connectivity index (χ0n) is 17.7. The van der Waals surface area contributed by atoms with Crippen molar-refractivity contribution >= 4 is 18.0 Å². The van der Waals surface area contributed by atoms with Crippen LogP contribution in [0.15, 0.2) is 30.3 Å². The lowest BCUT2D eigenvalue weighted by Crippen LogP contribution is -2.55. The summed E-state index contributed by atoms with van der Waals surface area (Å²) in [5.41, 5.74) is 0.908. The van der Waals surface area contributed by atoms with E-state index in [-0.39, 0.29) is 31.0 Å². The molecule has 1 heterocycles. The highest BCUT2D eigenvalue weighted by atomic mass is 16.5. The zero-order chi connectivity index (χ0) is 21.3. The van der Waals surface area contributed by atoms with E-state index in [9.17, 15) is 14.4 Å². The van der Waals surface area contributed by atoms with Crippen molar-refractivity contribution in [2.24, 2.45) is 5.92 Å². The van der Waals surface area contributed by atoms with E-state index in [1.807, 2.05) is 30.3 Å². The van der Waals surface area contributed by atoms with Crippen LogP contribution in [0.25, 0.3) is 0 Å². The molecule has 0 aromatic heterocycles. The predicted octanol–water partition coefficient (Wildman–Crippen LogP) is 3.42. The third-order valence-electron chi connectivity index (χ3n) is 5.97. The van der Waals surface area contributed by atoms with Gasteiger partial charge in [-0.05, 0) is 44.1 Å². The number of rotatable bonds is 7. The number of nitrogens with zero attached hydrogens (tertiary/aromatic N) is 1. The van der Waals surface area contributed by atoms with Gasteiger partial charge in [0.15, 0.2) is 0 Å². The maximum atomic E-state index is 13.4. The molecule has 2 fully saturated rings. The fourth-order valence-corrected chi connectivity index (χ4v) is 4.43. The molecule has 0 bridgehead atoms. The number of ether oxygens (including phenoxy) is 2. The van der Waals surface area contributed by atoms with Crippen LogP contribution < -0.4 is 5.32 Å². The minimum atomic E-state index is -0.660. The predicted molar refractivity (Wildman–Crippen MR) is 111 cm³/mol. The summed E-state index contributed by atoms with van der Waals surface area (Å²) in [6.07, 6.45) is 5.75. The highest BCUT2D eigenvalue weighted by molar-refractivity contribution is 5.90. The normalized spacial score (nSPS) is 20.4. The molecular weight excluding hydrogens is 384 g/mol. The topological polar surface area (TPSA) is 84.9 Å². The number of alkyl carbamates (subject to hydrolysis) is 1. The Balaban J connectivity index is 1.66. The molecule has 7 heteroatoms. The van der Waals surface area contributed by atoms with Gasteiger partial charge in [-0.25, -0.2) is 9.59 Å². The van der Waals surface area contributed by atoms with Crippen LogP contribution in [0.1, 0.15) is 57.4 Å². The van der Waals surface area contributed by atoms with E-state index < -0.39 is 18.2 Å². The standard InChI is InChI=1S/C23H32N2O5/c1-2-29-23(28)24-20(18-12-7-4-8-13-18)21(26)25-15-9-14-19(25)22(27)30-16-17-10-5-3-6-11-17/h3,5-6,10-11,18-20H,2,4,7-9,12-16H2,1H3,(H,24,28)/t19?,20-/m1/s1. The van der Waals surface area contributed by atoms with Crippen LogP contribution in [0.5, 0.6) is 0 Å². The highest BCUT2D eigenvalue weighted by Crippen LogP contribution is 2.29. The van der Waals surface area contributed by atoms with Gasteiger partial charge in [-0.3, -0.25) is 4.79 Å². The molecule has 1 N–H and O–H groups in total. The van der Waals surface area contributed by atoms with Crippen LogP contribution >= 0.6 is 0 Å². The quantitative estimate of drug-likeness (QED) is 0.689. The first kappa shape index (κ1) is 22.1. The Morgan fingerprint density at radius 2 is 1.77 bits per heavy atom. The average molecular weight is 417 g/mol. The Labute approximate surface area is 178 Å². The summed E-state index contributed by atoms with van der Waals surface area (Å²) < 4.78 is 10.5. The Morgan fingerprint density at radius 1 is 1.03 bits per heavy atom. The van der Waals surface area contributed by atoms with Gasteiger partial charge in [-0.15, -0.1) is 0 Å². The molecule has 2 aliphatic rings. The smallest absolute Gasteiger partial charge is 0.407 e. The molecule has 1 aromatic rings. The Hall–Kier alpha value is -2.57. The molecule has 0 spiro atoms. The van der Waals surface area contributed by atoms with Crippen molar-refractivity contribution in [2.75, 3.05) is 13.2 Å². The molecule has 1 saturated heterocycles. The lowest BCUT2D eigenvalue weighted by atomic mass is 9.83. The third kappa shape index (κ3) is 5.74. The molecule has 1 unspecified atom stereocenters. The van der Waals surface area contributed by atoms with Crippen LogP contribution in [-0.4, -0.2) is 48.1 Å². The number of hydrogen-bond acceptors (Lipinski definition) is 5. The van der Waals surface area contributed by atoms with Gasteiger partial charge in [0.1, 0.15) is 18.7 Å². The number of esters is 1. The summed E-state index contributed by atoms with van der Waals surface area (Å²) in [4.78, 5) is 39.8. The van der Waals surface area contributed by atoms with E-state index >= 15 is 0 Å². The molecule has 1 aromatic carbocycles. The molecule has 0 radical (unpaired) electrons. The number of carbonyl (C=O) groups excluding carboxylic acids is 3. The molecule has 3 rings (SSSR count). The van der Waals surface area contributed by atoms with E-state index in [1.54, 1.807) is 11.8 Å². The molecule has 164 valence electrons. The van der Waals surface area contributed by atoms with Gasteiger partial charge in [0.05, 0.1) is 6.61 Å². The van der Waals surface area contributed by atoms with Crippen LogP contribution in [0.4, 0.5) is 4.79 Å². The molecule has 1 aliphatic carbocycles. The van der Waals surface area contributed by atoms with E-state index in [1.165, 1.54) is 0 Å². The fourth-order valence-electron chi connectivity index (χ4n) is 4.43. The second kappa shape index (κ2) is 11.0. The maximum absolute atomic E-state index is 13.4. The van der Waals surface area contributed by atoms with Crippen molar-refractivity contribution < 1.29 is 23.9 Å². The molecule has 2 atom stereocenters. The van der Waals surface area contributed by atoms with Gasteiger partial charge in [-0.1, -0.05) is 49.6 Å². The van der Waals surface area contributed by atoms with Crippen LogP contribution in [0.2, 0.25) is 0 Å². The van der Waals surface area contributed by atoms with Crippen LogP contribution in [0.3, 0.4) is 0 Å². The van der Waals surface area contributed by atoms with Crippen molar-refractivity contribution in [3.8, 4) is 0 Å². The molecule has 2 amide bonds. The number of hydrogen-bond donors (Lipinski definition) is 1. The van der Waals surface area contributed by atoms with Crippen molar-refractivity contribution in [2.45, 2.75) is 70.6 Å². The third-order valence-corrected chi connectivity index (χ3v) is 5.97. The zero-order valence-corrected chi connectivity index (χ0v) is 17.7. The lowest BCUT2D eigenvalue weighted by molar-refractivity contribution is -0.155. The Morgan fingerprint density at radius 3 is 2.47 bits per heavy atom. The molecule has 7 nitrogen and oxygen atoms in total. The molecule has 1 saturated carbocycles. The Kier molecular flexibility index (Phi) is 8.11. The largest absolute Gasteiger partial charge is 0.459 e. The van der Waals surface area contributed by atoms with Gasteiger partial charge in [-0.2, -0.15) is 0 Å². The van der Waals surface area contributed by atoms with Crippen molar-refractivity contribution in [3.63, 3.8) is 0 Å². The van der Waals surface area contributed by atoms with Gasteiger partial charge in [0.2, 0.25) is 5.91 Å². The average Bonchev–Trinajstić information content (AvgIpc) is 3.27. The van der Waals surface area contributed by atoms with Crippen molar-refractivity contribution in [1.82, 2.24) is 10.2 Å². The van der Waals surface area contributed by atoms with E-state index in [4.69, 9.17) is 9.47 Å². The first-order chi connectivity index (χ1) is 14.6. The number of likely N-dealkylation sites (tertiary alicyclic amines) is 1. The SMILES string of the molecule is CCOC(=O)N[C@@H](C(=O)N1CCCC1C(=O)OCc1ccccc1)C1CCCCC1. The van der Waals surface area contributed by atoms with Crippen molar-refractivity contribution in [1.29, 1.82) is 0 Å². The number of benzene rings is 1. The lowest BCUT2D eigenvalue weighted by Gasteiger charge is -2.34. The number of carbonyl (C=O) groups is 3. The maximum Gasteiger partial charge on any atom is 0.407 e. The first-order valence-corrected chi connectivity index (χ1v) is 11.0. The molecule has 1 aliphatic heterocycles. The second-order valence-corrected chi connectivity index (χ2v) is 8.02. The number of amides is 2. The van der Waals surface area contributed by atoms with Gasteiger partial charge < -0.3 is 19.7 Å². The fraction of sp³-hybridized carbons (Fsp3) is 0.609.